The van der Waals surface area contributed by atoms with Crippen LogP contribution in [0.25, 0.3) is 11.5 Å². The van der Waals surface area contributed by atoms with Crippen LogP contribution in [0.5, 0.6) is 11.5 Å². The summed E-state index contributed by atoms with van der Waals surface area (Å²) in [5.41, 5.74) is 2.91. The predicted octanol–water partition coefficient (Wildman–Crippen LogP) is 4.90. The summed E-state index contributed by atoms with van der Waals surface area (Å²) in [6, 6.07) is 9.28. The van der Waals surface area contributed by atoms with Gasteiger partial charge in [-0.1, -0.05) is 19.9 Å². The molecule has 2 heterocycles. The van der Waals surface area contributed by atoms with E-state index in [9.17, 15) is 4.79 Å². The molecule has 0 N–H and O–H groups in total. The van der Waals surface area contributed by atoms with Crippen molar-refractivity contribution in [1.29, 1.82) is 0 Å². The molecule has 0 atom stereocenters. The number of oxazole rings is 1. The molecule has 2 aromatic heterocycles. The molecule has 0 unspecified atom stereocenters. The topological polar surface area (TPSA) is 74.5 Å². The van der Waals surface area contributed by atoms with Crippen molar-refractivity contribution in [2.45, 2.75) is 33.6 Å². The number of hydrogen-bond donors (Lipinski definition) is 0. The van der Waals surface area contributed by atoms with E-state index < -0.39 is 0 Å². The van der Waals surface area contributed by atoms with Crippen molar-refractivity contribution in [2.24, 2.45) is 5.92 Å². The number of rotatable bonds is 9. The molecule has 0 aliphatic heterocycles. The van der Waals surface area contributed by atoms with Gasteiger partial charge in [-0.05, 0) is 42.7 Å². The molecule has 0 aliphatic carbocycles. The summed E-state index contributed by atoms with van der Waals surface area (Å²) < 4.78 is 16.9. The number of benzene rings is 1. The van der Waals surface area contributed by atoms with Gasteiger partial charge in [-0.25, -0.2) is 4.98 Å². The van der Waals surface area contributed by atoms with Gasteiger partial charge in [-0.2, -0.15) is 0 Å². The van der Waals surface area contributed by atoms with E-state index in [-0.39, 0.29) is 5.78 Å². The normalized spacial score (nSPS) is 10.9. The summed E-state index contributed by atoms with van der Waals surface area (Å²) in [4.78, 5) is 21.1. The number of carbonyl (C=O) groups excluding carboxylic acids is 1. The Morgan fingerprint density at radius 2 is 2.03 bits per heavy atom. The molecule has 0 aliphatic rings. The van der Waals surface area contributed by atoms with Gasteiger partial charge in [0.25, 0.3) is 0 Å². The molecule has 1 aromatic carbocycles. The number of Topliss-reactive ketones (excluding diaryl/α,β-unsaturated/α-hetero) is 1. The van der Waals surface area contributed by atoms with Crippen LogP contribution in [0.1, 0.15) is 42.0 Å². The molecule has 3 rings (SSSR count). The number of hydrogen-bond acceptors (Lipinski definition) is 6. The van der Waals surface area contributed by atoms with Crippen LogP contribution in [-0.2, 0) is 6.42 Å². The number of nitrogens with zero attached hydrogens (tertiary/aromatic N) is 2. The summed E-state index contributed by atoms with van der Waals surface area (Å²) in [6.07, 6.45) is 4.05. The first kappa shape index (κ1) is 20.6. The Hall–Kier alpha value is -3.15. The molecule has 29 heavy (non-hydrogen) atoms. The van der Waals surface area contributed by atoms with E-state index in [1.54, 1.807) is 19.6 Å². The van der Waals surface area contributed by atoms with Gasteiger partial charge in [-0.15, -0.1) is 0 Å². The predicted molar refractivity (Wildman–Crippen MR) is 110 cm³/mol. The quantitative estimate of drug-likeness (QED) is 0.480. The maximum absolute atomic E-state index is 12.4. The van der Waals surface area contributed by atoms with E-state index in [2.05, 4.69) is 23.8 Å². The molecular weight excluding hydrogens is 368 g/mol. The van der Waals surface area contributed by atoms with Crippen LogP contribution in [0.15, 0.2) is 47.2 Å². The molecule has 0 spiro atoms. The van der Waals surface area contributed by atoms with E-state index in [1.165, 1.54) is 0 Å². The minimum Gasteiger partial charge on any atom is -0.493 e. The van der Waals surface area contributed by atoms with Crippen molar-refractivity contribution in [3.8, 4) is 23.0 Å². The summed E-state index contributed by atoms with van der Waals surface area (Å²) >= 11 is 0. The second-order valence-corrected chi connectivity index (χ2v) is 7.31. The smallest absolute Gasteiger partial charge is 0.226 e. The van der Waals surface area contributed by atoms with Gasteiger partial charge in [0.2, 0.25) is 5.89 Å². The van der Waals surface area contributed by atoms with Crippen LogP contribution in [0.2, 0.25) is 0 Å². The van der Waals surface area contributed by atoms with Gasteiger partial charge >= 0.3 is 0 Å². The Morgan fingerprint density at radius 3 is 2.76 bits per heavy atom. The summed E-state index contributed by atoms with van der Waals surface area (Å²) in [7, 11) is 1.61. The number of aromatic nitrogens is 2. The third-order valence-corrected chi connectivity index (χ3v) is 4.42. The number of carbonyl (C=O) groups is 1. The SMILES string of the molecule is COc1ccc(-c2nc(CCC(=O)c3ncccc3C)co2)cc1OCC(C)C. The standard InChI is InChI=1S/C23H26N2O4/c1-15(2)13-28-21-12-17(7-10-20(21)27-4)23-25-18(14-29-23)8-9-19(26)22-16(3)6-5-11-24-22/h5-7,10-12,14-15H,8-9,13H2,1-4H3. The van der Waals surface area contributed by atoms with Crippen LogP contribution in [-0.4, -0.2) is 29.5 Å². The highest BCUT2D eigenvalue weighted by Crippen LogP contribution is 2.32. The lowest BCUT2D eigenvalue weighted by Crippen LogP contribution is -2.06. The largest absolute Gasteiger partial charge is 0.493 e. The average molecular weight is 394 g/mol. The second-order valence-electron chi connectivity index (χ2n) is 7.31. The number of methoxy groups -OCH3 is 1. The van der Waals surface area contributed by atoms with Crippen molar-refractivity contribution >= 4 is 5.78 Å². The van der Waals surface area contributed by atoms with Crippen molar-refractivity contribution in [2.75, 3.05) is 13.7 Å². The number of ketones is 1. The van der Waals surface area contributed by atoms with Gasteiger partial charge in [0.05, 0.1) is 19.4 Å². The number of pyridine rings is 1. The first-order chi connectivity index (χ1) is 14.0. The van der Waals surface area contributed by atoms with Crippen LogP contribution >= 0.6 is 0 Å². The zero-order valence-corrected chi connectivity index (χ0v) is 17.3. The molecule has 0 radical (unpaired) electrons. The molecule has 3 aromatic rings. The van der Waals surface area contributed by atoms with E-state index in [1.807, 2.05) is 37.3 Å². The van der Waals surface area contributed by atoms with Gasteiger partial charge in [0, 0.05) is 24.6 Å². The monoisotopic (exact) mass is 394 g/mol. The lowest BCUT2D eigenvalue weighted by Gasteiger charge is -2.13. The Morgan fingerprint density at radius 1 is 1.21 bits per heavy atom. The molecule has 152 valence electrons. The highest BCUT2D eigenvalue weighted by atomic mass is 16.5. The fourth-order valence-corrected chi connectivity index (χ4v) is 2.87. The van der Waals surface area contributed by atoms with Crippen LogP contribution in [0.4, 0.5) is 0 Å². The van der Waals surface area contributed by atoms with E-state index in [0.29, 0.717) is 48.5 Å². The minimum atomic E-state index is 0.00136. The Labute approximate surface area is 170 Å². The lowest BCUT2D eigenvalue weighted by molar-refractivity contribution is 0.0977. The highest BCUT2D eigenvalue weighted by molar-refractivity contribution is 5.95. The van der Waals surface area contributed by atoms with Crippen LogP contribution in [0, 0.1) is 12.8 Å². The summed E-state index contributed by atoms with van der Waals surface area (Å²) in [5, 5.41) is 0. The Kier molecular flexibility index (Phi) is 6.65. The van der Waals surface area contributed by atoms with Gasteiger partial charge in [-0.3, -0.25) is 9.78 Å². The Bertz CT molecular complexity index is 979. The maximum atomic E-state index is 12.4. The van der Waals surface area contributed by atoms with Crippen molar-refractivity contribution in [1.82, 2.24) is 9.97 Å². The zero-order chi connectivity index (χ0) is 20.8. The summed E-state index contributed by atoms with van der Waals surface area (Å²) in [6.45, 7) is 6.65. The third-order valence-electron chi connectivity index (χ3n) is 4.42. The molecule has 0 amide bonds. The minimum absolute atomic E-state index is 0.00136. The average Bonchev–Trinajstić information content (AvgIpc) is 3.19. The first-order valence-electron chi connectivity index (χ1n) is 9.68. The van der Waals surface area contributed by atoms with Gasteiger partial charge in [0.15, 0.2) is 17.3 Å². The molecule has 6 nitrogen and oxygen atoms in total. The van der Waals surface area contributed by atoms with E-state index >= 15 is 0 Å². The summed E-state index contributed by atoms with van der Waals surface area (Å²) in [5.74, 6) is 2.20. The van der Waals surface area contributed by atoms with Crippen LogP contribution in [0.3, 0.4) is 0 Å². The Balaban J connectivity index is 1.70. The van der Waals surface area contributed by atoms with Crippen LogP contribution < -0.4 is 9.47 Å². The maximum Gasteiger partial charge on any atom is 0.226 e. The molecule has 0 saturated carbocycles. The molecular formula is C23H26N2O4. The zero-order valence-electron chi connectivity index (χ0n) is 17.3. The fraction of sp³-hybridized carbons (Fsp3) is 0.348. The molecule has 0 fully saturated rings. The number of aryl methyl sites for hydroxylation is 2. The molecule has 6 heteroatoms. The molecule has 0 saturated heterocycles. The van der Waals surface area contributed by atoms with E-state index in [0.717, 1.165) is 16.8 Å². The van der Waals surface area contributed by atoms with Crippen molar-refractivity contribution < 1.29 is 18.7 Å². The fourth-order valence-electron chi connectivity index (χ4n) is 2.87. The van der Waals surface area contributed by atoms with E-state index in [4.69, 9.17) is 13.9 Å². The highest BCUT2D eigenvalue weighted by Gasteiger charge is 2.14. The van der Waals surface area contributed by atoms with Gasteiger partial charge in [0.1, 0.15) is 12.0 Å². The first-order valence-corrected chi connectivity index (χ1v) is 9.68. The molecule has 0 bridgehead atoms. The lowest BCUT2D eigenvalue weighted by atomic mass is 10.1. The second kappa shape index (κ2) is 9.37. The van der Waals surface area contributed by atoms with Gasteiger partial charge < -0.3 is 13.9 Å². The third kappa shape index (κ3) is 5.22. The number of ether oxygens (including phenoxy) is 2. The van der Waals surface area contributed by atoms with Crippen molar-refractivity contribution in [3.63, 3.8) is 0 Å². The van der Waals surface area contributed by atoms with Crippen molar-refractivity contribution in [3.05, 3.63) is 59.7 Å².